The van der Waals surface area contributed by atoms with E-state index in [2.05, 4.69) is 60.7 Å². The summed E-state index contributed by atoms with van der Waals surface area (Å²) in [6.45, 7) is 1.55. The zero-order chi connectivity index (χ0) is 17.7. The maximum Gasteiger partial charge on any atom is 0.302 e. The summed E-state index contributed by atoms with van der Waals surface area (Å²) in [5, 5.41) is 0. The number of hydrogen-bond acceptors (Lipinski definition) is 2. The van der Waals surface area contributed by atoms with Gasteiger partial charge in [0, 0.05) is 18.8 Å². The van der Waals surface area contributed by atoms with Gasteiger partial charge in [0.05, 0.1) is 0 Å². The maximum absolute atomic E-state index is 11.7. The number of esters is 1. The van der Waals surface area contributed by atoms with E-state index in [0.29, 0.717) is 11.8 Å². The second-order valence-corrected chi connectivity index (χ2v) is 7.99. The Morgan fingerprint density at radius 1 is 0.923 bits per heavy atom. The first-order chi connectivity index (χ1) is 12.7. The van der Waals surface area contributed by atoms with Crippen LogP contribution in [0.3, 0.4) is 0 Å². The highest BCUT2D eigenvalue weighted by Crippen LogP contribution is 2.67. The van der Waals surface area contributed by atoms with Crippen molar-refractivity contribution in [2.45, 2.75) is 32.3 Å². The summed E-state index contributed by atoms with van der Waals surface area (Å²) in [4.78, 5) is 11.7. The number of benzene rings is 2. The van der Waals surface area contributed by atoms with Crippen LogP contribution in [0, 0.1) is 23.7 Å². The fourth-order valence-electron chi connectivity index (χ4n) is 5.65. The molecule has 0 amide bonds. The van der Waals surface area contributed by atoms with E-state index in [1.807, 2.05) is 0 Å². The Morgan fingerprint density at radius 3 is 2.12 bits per heavy atom. The second-order valence-electron chi connectivity index (χ2n) is 7.99. The Kier molecular flexibility index (Phi) is 3.74. The summed E-state index contributed by atoms with van der Waals surface area (Å²) in [5.74, 6) is 2.39. The fourth-order valence-corrected chi connectivity index (χ4v) is 5.65. The molecule has 4 fully saturated rings. The SMILES string of the molecule is CC(=O)OC1[C@H]2C3CCC(=C(c4ccccc4)c4ccccc4)[C@@H]1CC32. The molecule has 132 valence electrons. The average Bonchev–Trinajstić information content (AvgIpc) is 3.30. The number of rotatable bonds is 3. The first-order valence-electron chi connectivity index (χ1n) is 9.75. The molecule has 4 bridgehead atoms. The summed E-state index contributed by atoms with van der Waals surface area (Å²) in [6, 6.07) is 21.4. The van der Waals surface area contributed by atoms with Crippen molar-refractivity contribution in [3.8, 4) is 0 Å². The highest BCUT2D eigenvalue weighted by molar-refractivity contribution is 5.82. The Labute approximate surface area is 154 Å². The highest BCUT2D eigenvalue weighted by Gasteiger charge is 2.65. The van der Waals surface area contributed by atoms with E-state index in [4.69, 9.17) is 4.74 Å². The van der Waals surface area contributed by atoms with Gasteiger partial charge in [0.25, 0.3) is 0 Å². The topological polar surface area (TPSA) is 26.3 Å². The molecular formula is C24H24O2. The van der Waals surface area contributed by atoms with Crippen molar-refractivity contribution in [3.63, 3.8) is 0 Å². The van der Waals surface area contributed by atoms with Crippen LogP contribution in [0.2, 0.25) is 0 Å². The van der Waals surface area contributed by atoms with Crippen LogP contribution in [-0.4, -0.2) is 12.1 Å². The molecule has 4 aliphatic rings. The molecule has 0 aromatic heterocycles. The van der Waals surface area contributed by atoms with Crippen LogP contribution in [0.25, 0.3) is 5.57 Å². The predicted octanol–water partition coefficient (Wildman–Crippen LogP) is 5.10. The molecule has 0 N–H and O–H groups in total. The van der Waals surface area contributed by atoms with Crippen molar-refractivity contribution in [3.05, 3.63) is 77.4 Å². The Balaban J connectivity index is 1.66. The number of ether oxygens (including phenoxy) is 1. The monoisotopic (exact) mass is 344 g/mol. The molecule has 4 aliphatic carbocycles. The van der Waals surface area contributed by atoms with Crippen molar-refractivity contribution in [2.75, 3.05) is 0 Å². The molecule has 2 heteroatoms. The Bertz CT molecular complexity index is 807. The standard InChI is InChI=1S/C24H24O2/c1-15(25)26-24-21-14-20-18(23(20)24)12-13-19(21)22(16-8-4-2-5-9-16)17-10-6-3-7-11-17/h2-11,18,20-21,23-24H,12-14H2,1H3/t18?,20?,21-,23-,24?/m0/s1. The fraction of sp³-hybridized carbons (Fsp3) is 0.375. The minimum absolute atomic E-state index is 0.0856. The van der Waals surface area contributed by atoms with Crippen molar-refractivity contribution in [2.24, 2.45) is 23.7 Å². The van der Waals surface area contributed by atoms with Gasteiger partial charge in [-0.25, -0.2) is 0 Å². The first-order valence-corrected chi connectivity index (χ1v) is 9.75. The normalized spacial score (nSPS) is 31.3. The van der Waals surface area contributed by atoms with Crippen molar-refractivity contribution in [1.29, 1.82) is 0 Å². The summed E-state index contributed by atoms with van der Waals surface area (Å²) in [7, 11) is 0. The van der Waals surface area contributed by atoms with Gasteiger partial charge >= 0.3 is 5.97 Å². The Hall–Kier alpha value is -2.35. The van der Waals surface area contributed by atoms with Gasteiger partial charge in [-0.1, -0.05) is 66.2 Å². The zero-order valence-corrected chi connectivity index (χ0v) is 15.1. The summed E-state index contributed by atoms with van der Waals surface area (Å²) < 4.78 is 5.86. The molecule has 0 aliphatic heterocycles. The molecule has 5 atom stereocenters. The minimum atomic E-state index is -0.131. The summed E-state index contributed by atoms with van der Waals surface area (Å²) >= 11 is 0. The van der Waals surface area contributed by atoms with Crippen molar-refractivity contribution in [1.82, 2.24) is 0 Å². The summed E-state index contributed by atoms with van der Waals surface area (Å²) in [6.07, 6.45) is 3.63. The van der Waals surface area contributed by atoms with Crippen LogP contribution in [0.1, 0.15) is 37.3 Å². The molecule has 0 heterocycles. The van der Waals surface area contributed by atoms with Crippen molar-refractivity contribution < 1.29 is 9.53 Å². The lowest BCUT2D eigenvalue weighted by atomic mass is 9.83. The molecule has 2 nitrogen and oxygen atoms in total. The molecule has 26 heavy (non-hydrogen) atoms. The van der Waals surface area contributed by atoms with Crippen LogP contribution in [0.5, 0.6) is 0 Å². The van der Waals surface area contributed by atoms with E-state index >= 15 is 0 Å². The van der Waals surface area contributed by atoms with E-state index in [0.717, 1.165) is 18.3 Å². The quantitative estimate of drug-likeness (QED) is 0.725. The van der Waals surface area contributed by atoms with E-state index in [9.17, 15) is 4.79 Å². The van der Waals surface area contributed by atoms with Crippen LogP contribution in [-0.2, 0) is 9.53 Å². The number of hydrogen-bond donors (Lipinski definition) is 0. The third-order valence-electron chi connectivity index (χ3n) is 6.64. The highest BCUT2D eigenvalue weighted by atomic mass is 16.5. The molecule has 3 unspecified atom stereocenters. The number of carbonyl (C=O) groups is 1. The second kappa shape index (κ2) is 6.12. The number of fused-ring (bicyclic) bond motifs is 2. The lowest BCUT2D eigenvalue weighted by molar-refractivity contribution is -0.148. The average molecular weight is 344 g/mol. The molecule has 2 aromatic rings. The van der Waals surface area contributed by atoms with Gasteiger partial charge in [-0.05, 0) is 47.8 Å². The lowest BCUT2D eigenvalue weighted by Crippen LogP contribution is -2.26. The van der Waals surface area contributed by atoms with Gasteiger partial charge in [0.2, 0.25) is 0 Å². The zero-order valence-electron chi connectivity index (χ0n) is 15.1. The summed E-state index contributed by atoms with van der Waals surface area (Å²) in [5.41, 5.74) is 5.41. The van der Waals surface area contributed by atoms with Crippen LogP contribution >= 0.6 is 0 Å². The van der Waals surface area contributed by atoms with Crippen LogP contribution in [0.15, 0.2) is 66.2 Å². The van der Waals surface area contributed by atoms with Gasteiger partial charge in [-0.3, -0.25) is 4.79 Å². The first kappa shape index (κ1) is 15.9. The Morgan fingerprint density at radius 2 is 1.54 bits per heavy atom. The molecule has 0 spiro atoms. The molecule has 0 radical (unpaired) electrons. The minimum Gasteiger partial charge on any atom is -0.462 e. The molecular weight excluding hydrogens is 320 g/mol. The van der Waals surface area contributed by atoms with Gasteiger partial charge in [0.1, 0.15) is 6.10 Å². The maximum atomic E-state index is 11.7. The van der Waals surface area contributed by atoms with Gasteiger partial charge in [0.15, 0.2) is 0 Å². The van der Waals surface area contributed by atoms with E-state index < -0.39 is 0 Å². The third-order valence-corrected chi connectivity index (χ3v) is 6.64. The third kappa shape index (κ3) is 2.51. The van der Waals surface area contributed by atoms with E-state index in [1.165, 1.54) is 35.1 Å². The smallest absolute Gasteiger partial charge is 0.302 e. The molecule has 0 saturated heterocycles. The molecule has 6 rings (SSSR count). The predicted molar refractivity (Wildman–Crippen MR) is 102 cm³/mol. The van der Waals surface area contributed by atoms with Crippen LogP contribution in [0.4, 0.5) is 0 Å². The van der Waals surface area contributed by atoms with Gasteiger partial charge in [-0.15, -0.1) is 0 Å². The molecule has 2 aromatic carbocycles. The van der Waals surface area contributed by atoms with Gasteiger partial charge in [-0.2, -0.15) is 0 Å². The largest absolute Gasteiger partial charge is 0.462 e. The van der Waals surface area contributed by atoms with E-state index in [-0.39, 0.29) is 12.1 Å². The molecule has 4 saturated carbocycles. The van der Waals surface area contributed by atoms with Crippen LogP contribution < -0.4 is 0 Å². The number of carbonyl (C=O) groups excluding carboxylic acids is 1. The van der Waals surface area contributed by atoms with E-state index in [1.54, 1.807) is 6.92 Å². The van der Waals surface area contributed by atoms with Crippen molar-refractivity contribution >= 4 is 11.5 Å². The van der Waals surface area contributed by atoms with Gasteiger partial charge < -0.3 is 4.74 Å². The lowest BCUT2D eigenvalue weighted by Gasteiger charge is -2.26.